The minimum atomic E-state index is -4.64. The number of hydrogen-bond donors (Lipinski definition) is 0. The Bertz CT molecular complexity index is 918. The van der Waals surface area contributed by atoms with E-state index in [9.17, 15) is 19.0 Å². The van der Waals surface area contributed by atoms with Gasteiger partial charge in [0.1, 0.15) is 19.8 Å². The van der Waals surface area contributed by atoms with Gasteiger partial charge >= 0.3 is 11.9 Å². The zero-order valence-electron chi connectivity index (χ0n) is 32.8. The molecule has 0 aliphatic carbocycles. The molecule has 0 amide bonds. The Labute approximate surface area is 307 Å². The molecule has 0 fully saturated rings. The van der Waals surface area contributed by atoms with Crippen LogP contribution in [0.4, 0.5) is 0 Å². The molecule has 0 radical (unpaired) electrons. The van der Waals surface area contributed by atoms with Gasteiger partial charge in [-0.2, -0.15) is 0 Å². The van der Waals surface area contributed by atoms with E-state index in [1.807, 2.05) is 27.2 Å². The van der Waals surface area contributed by atoms with E-state index in [2.05, 4.69) is 13.8 Å². The second-order valence-electron chi connectivity index (χ2n) is 14.7. The Morgan fingerprint density at radius 2 is 1.14 bits per heavy atom. The number of phosphoric ester groups is 1. The molecule has 0 saturated heterocycles. The summed E-state index contributed by atoms with van der Waals surface area (Å²) in [6.07, 6.45) is 34.1. The minimum absolute atomic E-state index is 0.0447. The summed E-state index contributed by atoms with van der Waals surface area (Å²) >= 11 is 0. The number of ether oxygens (including phenoxy) is 2. The molecule has 0 heterocycles. The van der Waals surface area contributed by atoms with E-state index >= 15 is 0 Å². The molecule has 0 saturated carbocycles. The fourth-order valence-electron chi connectivity index (χ4n) is 5.38. The topological polar surface area (TPSA) is 111 Å². The Morgan fingerprint density at radius 3 is 1.64 bits per heavy atom. The maximum Gasteiger partial charge on any atom is 0.331 e. The van der Waals surface area contributed by atoms with Crippen molar-refractivity contribution in [1.29, 1.82) is 0 Å². The molecule has 0 aliphatic heterocycles. The predicted molar refractivity (Wildman–Crippen MR) is 204 cm³/mol. The number of phosphoric acid groups is 1. The fraction of sp³-hybridized carbons (Fsp3) is 0.850. The van der Waals surface area contributed by atoms with Gasteiger partial charge in [-0.05, 0) is 19.3 Å². The Balaban J connectivity index is 4.51. The van der Waals surface area contributed by atoms with Crippen LogP contribution in [0.15, 0.2) is 24.3 Å². The predicted octanol–water partition coefficient (Wildman–Crippen LogP) is 10.2. The molecule has 10 heteroatoms. The van der Waals surface area contributed by atoms with Gasteiger partial charge in [0, 0.05) is 12.5 Å². The Morgan fingerprint density at radius 1 is 0.660 bits per heavy atom. The maximum absolute atomic E-state index is 12.5. The second-order valence-corrected chi connectivity index (χ2v) is 16.1. The SMILES string of the molecule is CCCCCCCCCCCC=CC=CC(=O)O[C@H](COC(=O)CCCCCCCCCCCCCCC)COP(=O)([O-])OCC[N+](C)(C)C. The number of rotatable bonds is 36. The van der Waals surface area contributed by atoms with E-state index in [1.54, 1.807) is 12.2 Å². The molecule has 0 N–H and O–H groups in total. The van der Waals surface area contributed by atoms with Crippen LogP contribution in [0.2, 0.25) is 0 Å². The first-order valence-corrected chi connectivity index (χ1v) is 21.5. The molecule has 0 bridgehead atoms. The summed E-state index contributed by atoms with van der Waals surface area (Å²) in [5.74, 6) is -1.08. The largest absolute Gasteiger partial charge is 0.756 e. The third kappa shape index (κ3) is 36.3. The van der Waals surface area contributed by atoms with Crippen LogP contribution in [-0.4, -0.2) is 70.0 Å². The van der Waals surface area contributed by atoms with Crippen molar-refractivity contribution in [2.75, 3.05) is 47.5 Å². The lowest BCUT2D eigenvalue weighted by Gasteiger charge is -2.28. The molecule has 0 rings (SSSR count). The van der Waals surface area contributed by atoms with Crippen molar-refractivity contribution in [3.63, 3.8) is 0 Å². The molecular formula is C40H76NO8P. The third-order valence-electron chi connectivity index (χ3n) is 8.58. The molecule has 294 valence electrons. The molecule has 0 aromatic rings. The Kier molecular flexibility index (Phi) is 32.3. The van der Waals surface area contributed by atoms with Gasteiger partial charge in [-0.15, -0.1) is 0 Å². The molecule has 9 nitrogen and oxygen atoms in total. The first kappa shape index (κ1) is 48.5. The van der Waals surface area contributed by atoms with E-state index in [4.69, 9.17) is 18.5 Å². The Hall–Kier alpha value is -1.51. The maximum atomic E-state index is 12.5. The summed E-state index contributed by atoms with van der Waals surface area (Å²) in [5, 5.41) is 0. The van der Waals surface area contributed by atoms with Crippen molar-refractivity contribution in [3.05, 3.63) is 24.3 Å². The quantitative estimate of drug-likeness (QED) is 0.0156. The van der Waals surface area contributed by atoms with E-state index < -0.39 is 32.5 Å². The number of nitrogens with zero attached hydrogens (tertiary/aromatic N) is 1. The van der Waals surface area contributed by atoms with Crippen molar-refractivity contribution in [3.8, 4) is 0 Å². The van der Waals surface area contributed by atoms with Crippen LogP contribution in [0, 0.1) is 0 Å². The van der Waals surface area contributed by atoms with Crippen molar-refractivity contribution >= 4 is 19.8 Å². The summed E-state index contributed by atoms with van der Waals surface area (Å²) in [7, 11) is 1.12. The third-order valence-corrected chi connectivity index (χ3v) is 9.55. The molecule has 0 aliphatic rings. The van der Waals surface area contributed by atoms with E-state index in [0.29, 0.717) is 11.0 Å². The monoisotopic (exact) mass is 730 g/mol. The lowest BCUT2D eigenvalue weighted by molar-refractivity contribution is -0.870. The number of unbranched alkanes of at least 4 members (excludes halogenated alkanes) is 21. The summed E-state index contributed by atoms with van der Waals surface area (Å²) in [4.78, 5) is 37.2. The molecule has 50 heavy (non-hydrogen) atoms. The highest BCUT2D eigenvalue weighted by Gasteiger charge is 2.21. The number of esters is 2. The van der Waals surface area contributed by atoms with Crippen LogP contribution in [0.3, 0.4) is 0 Å². The number of quaternary nitrogens is 1. The van der Waals surface area contributed by atoms with Crippen molar-refractivity contribution in [1.82, 2.24) is 0 Å². The van der Waals surface area contributed by atoms with Gasteiger partial charge in [-0.25, -0.2) is 4.79 Å². The van der Waals surface area contributed by atoms with Gasteiger partial charge in [0.05, 0.1) is 27.7 Å². The van der Waals surface area contributed by atoms with Crippen molar-refractivity contribution < 1.29 is 42.1 Å². The van der Waals surface area contributed by atoms with Crippen molar-refractivity contribution in [2.45, 2.75) is 174 Å². The molecular weight excluding hydrogens is 653 g/mol. The average molecular weight is 730 g/mol. The highest BCUT2D eigenvalue weighted by molar-refractivity contribution is 7.45. The lowest BCUT2D eigenvalue weighted by Crippen LogP contribution is -2.37. The number of carbonyl (C=O) groups is 2. The fourth-order valence-corrected chi connectivity index (χ4v) is 6.11. The number of allylic oxidation sites excluding steroid dienone is 3. The van der Waals surface area contributed by atoms with E-state index in [1.165, 1.54) is 122 Å². The molecule has 0 spiro atoms. The van der Waals surface area contributed by atoms with Crippen LogP contribution in [0.25, 0.3) is 0 Å². The zero-order valence-corrected chi connectivity index (χ0v) is 33.7. The van der Waals surface area contributed by atoms with E-state index in [-0.39, 0.29) is 19.6 Å². The number of hydrogen-bond acceptors (Lipinski definition) is 8. The molecule has 2 atom stereocenters. The first-order valence-electron chi connectivity index (χ1n) is 20.1. The molecule has 1 unspecified atom stereocenters. The van der Waals surface area contributed by atoms with Gasteiger partial charge in [0.25, 0.3) is 7.82 Å². The summed E-state index contributed by atoms with van der Waals surface area (Å²) in [6, 6.07) is 0. The van der Waals surface area contributed by atoms with Gasteiger partial charge < -0.3 is 27.9 Å². The average Bonchev–Trinajstić information content (AvgIpc) is 3.06. The van der Waals surface area contributed by atoms with Crippen LogP contribution in [0.5, 0.6) is 0 Å². The van der Waals surface area contributed by atoms with Crippen LogP contribution >= 0.6 is 7.82 Å². The lowest BCUT2D eigenvalue weighted by atomic mass is 10.0. The first-order chi connectivity index (χ1) is 24.0. The zero-order chi connectivity index (χ0) is 37.2. The van der Waals surface area contributed by atoms with Crippen molar-refractivity contribution in [2.24, 2.45) is 0 Å². The highest BCUT2D eigenvalue weighted by atomic mass is 31.2. The molecule has 0 aromatic heterocycles. The van der Waals surface area contributed by atoms with Gasteiger partial charge in [0.15, 0.2) is 6.10 Å². The van der Waals surface area contributed by atoms with Gasteiger partial charge in [-0.1, -0.05) is 160 Å². The van der Waals surface area contributed by atoms with Crippen LogP contribution < -0.4 is 4.89 Å². The van der Waals surface area contributed by atoms with E-state index in [0.717, 1.165) is 32.1 Å². The minimum Gasteiger partial charge on any atom is -0.756 e. The van der Waals surface area contributed by atoms with Crippen LogP contribution in [0.1, 0.15) is 168 Å². The summed E-state index contributed by atoms with van der Waals surface area (Å²) in [5.41, 5.74) is 0. The number of likely N-dealkylation sites (N-methyl/N-ethyl adjacent to an activating group) is 1. The smallest absolute Gasteiger partial charge is 0.331 e. The van der Waals surface area contributed by atoms with Crippen LogP contribution in [-0.2, 0) is 32.7 Å². The summed E-state index contributed by atoms with van der Waals surface area (Å²) in [6.45, 7) is 4.09. The van der Waals surface area contributed by atoms with Gasteiger partial charge in [-0.3, -0.25) is 9.36 Å². The normalized spacial score (nSPS) is 14.0. The summed E-state index contributed by atoms with van der Waals surface area (Å²) < 4.78 is 33.6. The molecule has 0 aromatic carbocycles. The number of carbonyl (C=O) groups excluding carboxylic acids is 2. The van der Waals surface area contributed by atoms with Gasteiger partial charge in [0.2, 0.25) is 0 Å². The highest BCUT2D eigenvalue weighted by Crippen LogP contribution is 2.38. The standard InChI is InChI=1S/C40H76NO8P/c1-6-8-10-12-14-16-18-20-22-24-26-28-30-32-39(42)46-36-38(37-48-50(44,45)47-35-34-41(3,4)5)49-40(43)33-31-29-27-25-23-21-19-17-15-13-11-9-7-2/h27,29,31,33,38H,6-26,28,30,32,34-37H2,1-5H3/t38-/m1/s1. The second kappa shape index (κ2) is 33.3.